The van der Waals surface area contributed by atoms with E-state index in [1.165, 1.54) is 0 Å². The van der Waals surface area contributed by atoms with Gasteiger partial charge in [-0.1, -0.05) is 0 Å². The van der Waals surface area contributed by atoms with Crippen LogP contribution < -0.4 is 5.73 Å². The molecule has 0 aromatic heterocycles. The predicted octanol–water partition coefficient (Wildman–Crippen LogP) is 1.31. The first-order valence-corrected chi connectivity index (χ1v) is 5.00. The van der Waals surface area contributed by atoms with Gasteiger partial charge in [-0.25, -0.2) is 4.79 Å². The van der Waals surface area contributed by atoms with Crippen molar-refractivity contribution >= 4 is 5.97 Å². The van der Waals surface area contributed by atoms with Crippen molar-refractivity contribution in [2.24, 2.45) is 5.73 Å². The summed E-state index contributed by atoms with van der Waals surface area (Å²) in [5.74, 6) is 0.433. The van der Waals surface area contributed by atoms with Gasteiger partial charge in [0.25, 0.3) is 0 Å². The van der Waals surface area contributed by atoms with E-state index in [-0.39, 0.29) is 12.6 Å². The predicted molar refractivity (Wildman–Crippen MR) is 52.3 cm³/mol. The van der Waals surface area contributed by atoms with E-state index in [1.807, 2.05) is 0 Å². The fourth-order valence-corrected chi connectivity index (χ4v) is 1.41. The van der Waals surface area contributed by atoms with Crippen LogP contribution in [-0.2, 0) is 14.3 Å². The Kier molecular flexibility index (Phi) is 4.29. The molecule has 0 saturated carbocycles. The molecule has 0 saturated heterocycles. The Morgan fingerprint density at radius 2 is 2.14 bits per heavy atom. The van der Waals surface area contributed by atoms with Crippen LogP contribution in [0.1, 0.15) is 32.6 Å². The summed E-state index contributed by atoms with van der Waals surface area (Å²) in [6.45, 7) is 2.13. The van der Waals surface area contributed by atoms with Crippen LogP contribution in [0.15, 0.2) is 11.5 Å². The molecule has 0 aromatic rings. The van der Waals surface area contributed by atoms with Crippen molar-refractivity contribution < 1.29 is 14.3 Å². The van der Waals surface area contributed by atoms with Gasteiger partial charge in [0, 0.05) is 12.1 Å². The summed E-state index contributed by atoms with van der Waals surface area (Å²) >= 11 is 0. The molecule has 0 spiro atoms. The summed E-state index contributed by atoms with van der Waals surface area (Å²) in [6, 6.07) is 0. The molecule has 80 valence electrons. The Morgan fingerprint density at radius 1 is 1.43 bits per heavy atom. The minimum atomic E-state index is -0.335. The molecule has 0 aliphatic heterocycles. The minimum absolute atomic E-state index is 0.0239. The Labute approximate surface area is 84.1 Å². The molecule has 0 heterocycles. The first-order valence-electron chi connectivity index (χ1n) is 5.00. The zero-order valence-corrected chi connectivity index (χ0v) is 8.54. The largest absolute Gasteiger partial charge is 0.484 e. The van der Waals surface area contributed by atoms with E-state index in [9.17, 15) is 4.79 Å². The Hall–Kier alpha value is -1.19. The Morgan fingerprint density at radius 3 is 2.79 bits per heavy atom. The molecule has 0 radical (unpaired) electrons. The van der Waals surface area contributed by atoms with E-state index < -0.39 is 0 Å². The topological polar surface area (TPSA) is 61.5 Å². The summed E-state index contributed by atoms with van der Waals surface area (Å²) in [7, 11) is 0. The maximum absolute atomic E-state index is 11.0. The molecule has 0 aromatic carbocycles. The van der Waals surface area contributed by atoms with Gasteiger partial charge in [0.1, 0.15) is 5.76 Å². The van der Waals surface area contributed by atoms with Gasteiger partial charge < -0.3 is 15.2 Å². The minimum Gasteiger partial charge on any atom is -0.484 e. The SMILES string of the molecule is CCOC(=O)COC1=C(N)CCCC1. The summed E-state index contributed by atoms with van der Waals surface area (Å²) < 4.78 is 10.0. The number of ether oxygens (including phenoxy) is 2. The highest BCUT2D eigenvalue weighted by Gasteiger charge is 2.12. The average Bonchev–Trinajstić information content (AvgIpc) is 2.17. The van der Waals surface area contributed by atoms with Gasteiger partial charge in [-0.3, -0.25) is 0 Å². The molecule has 0 atom stereocenters. The maximum atomic E-state index is 11.0. The lowest BCUT2D eigenvalue weighted by Crippen LogP contribution is -2.16. The van der Waals surface area contributed by atoms with Crippen molar-refractivity contribution in [2.75, 3.05) is 13.2 Å². The van der Waals surface area contributed by atoms with Crippen LogP contribution in [0.4, 0.5) is 0 Å². The van der Waals surface area contributed by atoms with Gasteiger partial charge in [0.15, 0.2) is 6.61 Å². The highest BCUT2D eigenvalue weighted by Crippen LogP contribution is 2.21. The highest BCUT2D eigenvalue weighted by molar-refractivity contribution is 5.70. The van der Waals surface area contributed by atoms with Crippen LogP contribution in [0.5, 0.6) is 0 Å². The van der Waals surface area contributed by atoms with Crippen LogP contribution in [0.25, 0.3) is 0 Å². The number of carbonyl (C=O) groups is 1. The van der Waals surface area contributed by atoms with Crippen LogP contribution in [0.3, 0.4) is 0 Å². The van der Waals surface area contributed by atoms with Gasteiger partial charge in [-0.05, 0) is 26.2 Å². The Bertz CT molecular complexity index is 236. The molecule has 4 heteroatoms. The lowest BCUT2D eigenvalue weighted by molar-refractivity contribution is -0.147. The summed E-state index contributed by atoms with van der Waals surface area (Å²) in [5, 5.41) is 0. The molecular weight excluding hydrogens is 182 g/mol. The zero-order chi connectivity index (χ0) is 10.4. The van der Waals surface area contributed by atoms with Crippen molar-refractivity contribution in [3.63, 3.8) is 0 Å². The standard InChI is InChI=1S/C10H17NO3/c1-2-13-10(12)7-14-9-6-4-3-5-8(9)11/h2-7,11H2,1H3. The molecule has 1 aliphatic rings. The van der Waals surface area contributed by atoms with E-state index in [2.05, 4.69) is 0 Å². The normalized spacial score (nSPS) is 16.6. The molecule has 0 bridgehead atoms. The third-order valence-corrected chi connectivity index (χ3v) is 2.13. The summed E-state index contributed by atoms with van der Waals surface area (Å²) in [5.41, 5.74) is 6.52. The number of rotatable bonds is 4. The first-order chi connectivity index (χ1) is 6.74. The maximum Gasteiger partial charge on any atom is 0.344 e. The second-order valence-corrected chi connectivity index (χ2v) is 3.25. The van der Waals surface area contributed by atoms with Crippen molar-refractivity contribution in [3.05, 3.63) is 11.5 Å². The van der Waals surface area contributed by atoms with Gasteiger partial charge >= 0.3 is 5.97 Å². The molecular formula is C10H17NO3. The van der Waals surface area contributed by atoms with Crippen LogP contribution in [-0.4, -0.2) is 19.2 Å². The molecule has 0 unspecified atom stereocenters. The smallest absolute Gasteiger partial charge is 0.344 e. The first kappa shape index (κ1) is 10.9. The number of hydrogen-bond donors (Lipinski definition) is 1. The van der Waals surface area contributed by atoms with Gasteiger partial charge in [0.2, 0.25) is 0 Å². The van der Waals surface area contributed by atoms with Gasteiger partial charge in [0.05, 0.1) is 6.61 Å². The number of allylic oxidation sites excluding steroid dienone is 2. The van der Waals surface area contributed by atoms with Crippen LogP contribution in [0, 0.1) is 0 Å². The monoisotopic (exact) mass is 199 g/mol. The second kappa shape index (κ2) is 5.52. The lowest BCUT2D eigenvalue weighted by atomic mass is 10.0. The molecule has 14 heavy (non-hydrogen) atoms. The number of nitrogens with two attached hydrogens (primary N) is 1. The molecule has 0 amide bonds. The van der Waals surface area contributed by atoms with Crippen molar-refractivity contribution in [2.45, 2.75) is 32.6 Å². The number of hydrogen-bond acceptors (Lipinski definition) is 4. The third-order valence-electron chi connectivity index (χ3n) is 2.13. The number of esters is 1. The summed E-state index contributed by atoms with van der Waals surface area (Å²) in [6.07, 6.45) is 3.90. The second-order valence-electron chi connectivity index (χ2n) is 3.25. The van der Waals surface area contributed by atoms with E-state index in [4.69, 9.17) is 15.2 Å². The molecule has 1 aliphatic carbocycles. The molecule has 2 N–H and O–H groups in total. The fourth-order valence-electron chi connectivity index (χ4n) is 1.41. The van der Waals surface area contributed by atoms with Crippen LogP contribution >= 0.6 is 0 Å². The lowest BCUT2D eigenvalue weighted by Gasteiger charge is -2.17. The molecule has 4 nitrogen and oxygen atoms in total. The zero-order valence-electron chi connectivity index (χ0n) is 8.54. The van der Waals surface area contributed by atoms with E-state index >= 15 is 0 Å². The van der Waals surface area contributed by atoms with E-state index in [0.29, 0.717) is 6.61 Å². The Balaban J connectivity index is 2.33. The van der Waals surface area contributed by atoms with E-state index in [0.717, 1.165) is 37.1 Å². The van der Waals surface area contributed by atoms with Gasteiger partial charge in [-0.15, -0.1) is 0 Å². The van der Waals surface area contributed by atoms with Crippen molar-refractivity contribution in [3.8, 4) is 0 Å². The fraction of sp³-hybridized carbons (Fsp3) is 0.700. The van der Waals surface area contributed by atoms with E-state index in [1.54, 1.807) is 6.92 Å². The van der Waals surface area contributed by atoms with Crippen LogP contribution in [0.2, 0.25) is 0 Å². The highest BCUT2D eigenvalue weighted by atomic mass is 16.6. The molecule has 0 fully saturated rings. The molecule has 1 rings (SSSR count). The average molecular weight is 199 g/mol. The van der Waals surface area contributed by atoms with Gasteiger partial charge in [-0.2, -0.15) is 0 Å². The number of carbonyl (C=O) groups excluding carboxylic acids is 1. The third kappa shape index (κ3) is 3.28. The quantitative estimate of drug-likeness (QED) is 0.693. The van der Waals surface area contributed by atoms with Crippen molar-refractivity contribution in [1.29, 1.82) is 0 Å². The van der Waals surface area contributed by atoms with Crippen molar-refractivity contribution in [1.82, 2.24) is 0 Å². The summed E-state index contributed by atoms with van der Waals surface area (Å²) in [4.78, 5) is 11.0.